The number of hydrogen-bond donors (Lipinski definition) is 1. The van der Waals surface area contributed by atoms with E-state index in [9.17, 15) is 9.18 Å². The highest BCUT2D eigenvalue weighted by atomic mass is 19.1. The van der Waals surface area contributed by atoms with E-state index in [1.165, 1.54) is 6.07 Å². The first-order valence-electron chi connectivity index (χ1n) is 8.65. The quantitative estimate of drug-likeness (QED) is 0.809. The second-order valence-corrected chi connectivity index (χ2v) is 6.27. The molecule has 0 aliphatic carbocycles. The summed E-state index contributed by atoms with van der Waals surface area (Å²) in [5.41, 5.74) is 0. The summed E-state index contributed by atoms with van der Waals surface area (Å²) in [5.74, 6) is 0.939. The highest BCUT2D eigenvalue weighted by Crippen LogP contribution is 2.15. The SMILES string of the molecule is Cc1cc(NC(=O)CN2CCN(CCOc3ccccc3F)CC2)no1. The van der Waals surface area contributed by atoms with E-state index in [1.807, 2.05) is 0 Å². The van der Waals surface area contributed by atoms with Crippen LogP contribution in [0.15, 0.2) is 34.9 Å². The van der Waals surface area contributed by atoms with Crippen molar-refractivity contribution >= 4 is 11.7 Å². The summed E-state index contributed by atoms with van der Waals surface area (Å²) in [4.78, 5) is 16.4. The zero-order valence-corrected chi connectivity index (χ0v) is 14.8. The molecule has 140 valence electrons. The molecule has 0 atom stereocenters. The van der Waals surface area contributed by atoms with Gasteiger partial charge in [0, 0.05) is 38.8 Å². The topological polar surface area (TPSA) is 70.8 Å². The number of hydrogen-bond acceptors (Lipinski definition) is 6. The van der Waals surface area contributed by atoms with Gasteiger partial charge in [0.1, 0.15) is 12.4 Å². The van der Waals surface area contributed by atoms with Gasteiger partial charge in [-0.05, 0) is 19.1 Å². The van der Waals surface area contributed by atoms with Gasteiger partial charge >= 0.3 is 0 Å². The van der Waals surface area contributed by atoms with Gasteiger partial charge in [-0.1, -0.05) is 17.3 Å². The Labute approximate surface area is 151 Å². The Morgan fingerprint density at radius 1 is 1.27 bits per heavy atom. The molecule has 2 heterocycles. The number of benzene rings is 1. The Kier molecular flexibility index (Phi) is 6.19. The number of rotatable bonds is 7. The Balaban J connectivity index is 1.33. The van der Waals surface area contributed by atoms with Crippen LogP contribution in [0, 0.1) is 12.7 Å². The minimum absolute atomic E-state index is 0.102. The maximum atomic E-state index is 13.5. The first-order chi connectivity index (χ1) is 12.6. The molecular weight excluding hydrogens is 339 g/mol. The molecule has 1 saturated heterocycles. The number of anilines is 1. The molecule has 1 aliphatic rings. The van der Waals surface area contributed by atoms with Crippen molar-refractivity contribution in [3.8, 4) is 5.75 Å². The Bertz CT molecular complexity index is 729. The van der Waals surface area contributed by atoms with E-state index in [-0.39, 0.29) is 17.5 Å². The van der Waals surface area contributed by atoms with Crippen LogP contribution in [0.5, 0.6) is 5.75 Å². The molecule has 1 aromatic heterocycles. The number of amides is 1. The van der Waals surface area contributed by atoms with Gasteiger partial charge in [-0.15, -0.1) is 0 Å². The van der Waals surface area contributed by atoms with Crippen LogP contribution < -0.4 is 10.1 Å². The number of piperazine rings is 1. The molecule has 0 bridgehead atoms. The van der Waals surface area contributed by atoms with Crippen molar-refractivity contribution in [1.29, 1.82) is 0 Å². The lowest BCUT2D eigenvalue weighted by Gasteiger charge is -2.34. The van der Waals surface area contributed by atoms with Gasteiger partial charge in [-0.3, -0.25) is 14.6 Å². The van der Waals surface area contributed by atoms with Crippen LogP contribution in [0.4, 0.5) is 10.2 Å². The van der Waals surface area contributed by atoms with Crippen LogP contribution >= 0.6 is 0 Å². The van der Waals surface area contributed by atoms with Crippen LogP contribution in [-0.4, -0.2) is 66.7 Å². The van der Waals surface area contributed by atoms with Crippen LogP contribution in [0.2, 0.25) is 0 Å². The van der Waals surface area contributed by atoms with Crippen LogP contribution in [0.1, 0.15) is 5.76 Å². The van der Waals surface area contributed by atoms with E-state index in [0.717, 1.165) is 32.7 Å². The van der Waals surface area contributed by atoms with Gasteiger partial charge in [0.2, 0.25) is 5.91 Å². The van der Waals surface area contributed by atoms with E-state index >= 15 is 0 Å². The first-order valence-corrected chi connectivity index (χ1v) is 8.65. The molecule has 0 saturated carbocycles. The lowest BCUT2D eigenvalue weighted by Crippen LogP contribution is -2.49. The maximum absolute atomic E-state index is 13.5. The van der Waals surface area contributed by atoms with Crippen molar-refractivity contribution in [2.24, 2.45) is 0 Å². The summed E-state index contributed by atoms with van der Waals surface area (Å²) in [7, 11) is 0. The molecule has 26 heavy (non-hydrogen) atoms. The molecule has 1 fully saturated rings. The fourth-order valence-corrected chi connectivity index (χ4v) is 2.83. The third-order valence-electron chi connectivity index (χ3n) is 4.23. The Morgan fingerprint density at radius 3 is 2.69 bits per heavy atom. The first kappa shape index (κ1) is 18.3. The third kappa shape index (κ3) is 5.27. The number of halogens is 1. The van der Waals surface area contributed by atoms with Crippen LogP contribution in [0.25, 0.3) is 0 Å². The van der Waals surface area contributed by atoms with E-state index in [2.05, 4.69) is 20.3 Å². The van der Waals surface area contributed by atoms with Crippen molar-refractivity contribution in [1.82, 2.24) is 15.0 Å². The summed E-state index contributed by atoms with van der Waals surface area (Å²) in [6.07, 6.45) is 0. The monoisotopic (exact) mass is 362 g/mol. The maximum Gasteiger partial charge on any atom is 0.239 e. The van der Waals surface area contributed by atoms with Gasteiger partial charge in [0.15, 0.2) is 17.4 Å². The smallest absolute Gasteiger partial charge is 0.239 e. The fraction of sp³-hybridized carbons (Fsp3) is 0.444. The summed E-state index contributed by atoms with van der Waals surface area (Å²) >= 11 is 0. The fourth-order valence-electron chi connectivity index (χ4n) is 2.83. The molecule has 2 aromatic rings. The van der Waals surface area contributed by atoms with Crippen molar-refractivity contribution in [2.45, 2.75) is 6.92 Å². The predicted octanol–water partition coefficient (Wildman–Crippen LogP) is 1.76. The number of aromatic nitrogens is 1. The van der Waals surface area contributed by atoms with Crippen molar-refractivity contribution in [3.63, 3.8) is 0 Å². The molecule has 8 heteroatoms. The predicted molar refractivity (Wildman–Crippen MR) is 94.6 cm³/mol. The Hall–Kier alpha value is -2.45. The summed E-state index contributed by atoms with van der Waals surface area (Å²) in [6, 6.07) is 8.09. The van der Waals surface area contributed by atoms with Crippen molar-refractivity contribution in [2.75, 3.05) is 51.2 Å². The molecule has 3 rings (SSSR count). The third-order valence-corrected chi connectivity index (χ3v) is 4.23. The Morgan fingerprint density at radius 2 is 2.00 bits per heavy atom. The van der Waals surface area contributed by atoms with Gasteiger partial charge < -0.3 is 14.6 Å². The molecule has 0 unspecified atom stereocenters. The lowest BCUT2D eigenvalue weighted by molar-refractivity contribution is -0.117. The van der Waals surface area contributed by atoms with Crippen molar-refractivity contribution in [3.05, 3.63) is 41.9 Å². The molecule has 0 spiro atoms. The summed E-state index contributed by atoms with van der Waals surface area (Å²) in [5, 5.41) is 6.48. The second-order valence-electron chi connectivity index (χ2n) is 6.27. The minimum Gasteiger partial charge on any atom is -0.489 e. The lowest BCUT2D eigenvalue weighted by atomic mass is 10.3. The number of nitrogens with zero attached hydrogens (tertiary/aromatic N) is 3. The molecule has 1 amide bonds. The highest BCUT2D eigenvalue weighted by molar-refractivity contribution is 5.91. The second kappa shape index (κ2) is 8.77. The number of ether oxygens (including phenoxy) is 1. The highest BCUT2D eigenvalue weighted by Gasteiger charge is 2.19. The van der Waals surface area contributed by atoms with Crippen molar-refractivity contribution < 1.29 is 18.4 Å². The van der Waals surface area contributed by atoms with Gasteiger partial charge in [-0.2, -0.15) is 0 Å². The summed E-state index contributed by atoms with van der Waals surface area (Å²) < 4.78 is 23.9. The van der Waals surface area contributed by atoms with E-state index < -0.39 is 0 Å². The average Bonchev–Trinajstić information content (AvgIpc) is 3.03. The zero-order valence-electron chi connectivity index (χ0n) is 14.8. The van der Waals surface area contributed by atoms with Gasteiger partial charge in [0.25, 0.3) is 0 Å². The largest absolute Gasteiger partial charge is 0.489 e. The van der Waals surface area contributed by atoms with Gasteiger partial charge in [0.05, 0.1) is 6.54 Å². The zero-order chi connectivity index (χ0) is 18.4. The number of carbonyl (C=O) groups is 1. The standard InChI is InChI=1S/C18H23FN4O3/c1-14-12-17(21-26-14)20-18(24)13-23-8-6-22(7-9-23)10-11-25-16-5-3-2-4-15(16)19/h2-5,12H,6-11,13H2,1H3,(H,20,21,24). The van der Waals surface area contributed by atoms with E-state index in [4.69, 9.17) is 9.26 Å². The molecule has 1 aromatic carbocycles. The van der Waals surface area contributed by atoms with Crippen LogP contribution in [-0.2, 0) is 4.79 Å². The number of nitrogens with one attached hydrogen (secondary N) is 1. The van der Waals surface area contributed by atoms with Gasteiger partial charge in [-0.25, -0.2) is 4.39 Å². The molecule has 1 N–H and O–H groups in total. The molecule has 0 radical (unpaired) electrons. The van der Waals surface area contributed by atoms with E-state index in [0.29, 0.717) is 24.7 Å². The molecular formula is C18H23FN4O3. The number of carbonyl (C=O) groups excluding carboxylic acids is 1. The number of aryl methyl sites for hydroxylation is 1. The van der Waals surface area contributed by atoms with Crippen LogP contribution in [0.3, 0.4) is 0 Å². The number of para-hydroxylation sites is 1. The minimum atomic E-state index is -0.342. The summed E-state index contributed by atoms with van der Waals surface area (Å²) in [6.45, 7) is 6.55. The molecule has 7 nitrogen and oxygen atoms in total. The van der Waals surface area contributed by atoms with E-state index in [1.54, 1.807) is 31.2 Å². The average molecular weight is 362 g/mol. The molecule has 1 aliphatic heterocycles. The normalized spacial score (nSPS) is 15.8.